The fraction of sp³-hybridized carbons (Fsp3) is 1.00. The van der Waals surface area contributed by atoms with Gasteiger partial charge in [-0.25, -0.2) is 16.8 Å². The third kappa shape index (κ3) is 10.0. The third-order valence-electron chi connectivity index (χ3n) is 1.22. The normalized spacial score (nSPS) is 13.2. The van der Waals surface area contributed by atoms with Crippen molar-refractivity contribution < 1.29 is 55.6 Å². The zero-order valence-corrected chi connectivity index (χ0v) is 14.5. The summed E-state index contributed by atoms with van der Waals surface area (Å²) in [7, 11) is -9.07. The molecule has 0 saturated heterocycles. The Morgan fingerprint density at radius 3 is 0.824 bits per heavy atom. The van der Waals surface area contributed by atoms with E-state index in [-0.39, 0.29) is 19.5 Å². The van der Waals surface area contributed by atoms with Crippen LogP contribution in [-0.2, 0) is 39.7 Å². The predicted octanol–water partition coefficient (Wildman–Crippen LogP) is -1.48. The molecule has 0 aliphatic heterocycles. The maximum absolute atomic E-state index is 9.85. The molecule has 0 bridgehead atoms. The van der Waals surface area contributed by atoms with E-state index in [0.29, 0.717) is 0 Å². The molecule has 0 atom stereocenters. The standard InChI is InChI=1S/2C3H8O4S.Zn/c2*1-3(2,4)8(5,6)7;/h2*4H,1-2H3,(H,5,6,7);/q;;+2/p-2. The van der Waals surface area contributed by atoms with Crippen molar-refractivity contribution in [3.63, 3.8) is 0 Å². The summed E-state index contributed by atoms with van der Waals surface area (Å²) in [5, 5.41) is 16.9. The van der Waals surface area contributed by atoms with Crippen LogP contribution in [0.2, 0.25) is 0 Å². The van der Waals surface area contributed by atoms with Gasteiger partial charge < -0.3 is 19.3 Å². The fourth-order valence-corrected chi connectivity index (χ4v) is 0. The van der Waals surface area contributed by atoms with Crippen molar-refractivity contribution in [3.8, 4) is 0 Å². The van der Waals surface area contributed by atoms with Gasteiger partial charge >= 0.3 is 19.5 Å². The topological polar surface area (TPSA) is 155 Å². The number of aliphatic hydroxyl groups is 2. The van der Waals surface area contributed by atoms with Crippen molar-refractivity contribution in [2.45, 2.75) is 37.6 Å². The van der Waals surface area contributed by atoms with Gasteiger partial charge in [0.1, 0.15) is 30.1 Å². The molecule has 2 N–H and O–H groups in total. The van der Waals surface area contributed by atoms with Gasteiger partial charge in [0, 0.05) is 0 Å². The van der Waals surface area contributed by atoms with Crippen molar-refractivity contribution >= 4 is 20.2 Å². The number of rotatable bonds is 2. The number of hydrogen-bond donors (Lipinski definition) is 2. The molecule has 0 aliphatic carbocycles. The van der Waals surface area contributed by atoms with E-state index in [1.54, 1.807) is 0 Å². The smallest absolute Gasteiger partial charge is 0.746 e. The summed E-state index contributed by atoms with van der Waals surface area (Å²) in [5.41, 5.74) is 0. The van der Waals surface area contributed by atoms with Gasteiger partial charge in [-0.15, -0.1) is 0 Å². The average Bonchev–Trinajstić information content (AvgIpc) is 1.77. The van der Waals surface area contributed by atoms with Crippen LogP contribution in [0, 0.1) is 0 Å². The van der Waals surface area contributed by atoms with Crippen molar-refractivity contribution in [1.82, 2.24) is 0 Å². The predicted molar refractivity (Wildman–Crippen MR) is 52.0 cm³/mol. The molecule has 0 fully saturated rings. The summed E-state index contributed by atoms with van der Waals surface area (Å²) in [6, 6.07) is 0. The first kappa shape index (κ1) is 22.5. The Morgan fingerprint density at radius 1 is 0.765 bits per heavy atom. The second-order valence-corrected chi connectivity index (χ2v) is 7.62. The molecule has 11 heteroatoms. The monoisotopic (exact) mass is 342 g/mol. The zero-order chi connectivity index (χ0) is 14.0. The van der Waals surface area contributed by atoms with Crippen molar-refractivity contribution in [2.24, 2.45) is 0 Å². The Hall–Kier alpha value is 0.363. The molecule has 0 aromatic carbocycles. The van der Waals surface area contributed by atoms with Crippen LogP contribution < -0.4 is 0 Å². The molecule has 0 aromatic rings. The summed E-state index contributed by atoms with van der Waals surface area (Å²) in [6.07, 6.45) is 0. The van der Waals surface area contributed by atoms with Crippen molar-refractivity contribution in [1.29, 1.82) is 0 Å². The molecule has 0 rings (SSSR count). The maximum Gasteiger partial charge on any atom is 2.00 e. The SMILES string of the molecule is CC(C)(O)S(=O)(=O)[O-].CC(C)(O)S(=O)(=O)[O-].[Zn+2]. The Bertz CT molecular complexity index is 368. The van der Waals surface area contributed by atoms with E-state index in [1.807, 2.05) is 0 Å². The largest absolute Gasteiger partial charge is 2.00 e. The van der Waals surface area contributed by atoms with E-state index in [9.17, 15) is 25.9 Å². The maximum atomic E-state index is 9.85. The molecule has 100 valence electrons. The molecule has 0 amide bonds. The minimum atomic E-state index is -4.53. The summed E-state index contributed by atoms with van der Waals surface area (Å²) < 4.78 is 59.1. The van der Waals surface area contributed by atoms with Crippen LogP contribution >= 0.6 is 0 Å². The van der Waals surface area contributed by atoms with Gasteiger partial charge in [-0.2, -0.15) is 0 Å². The summed E-state index contributed by atoms with van der Waals surface area (Å²) >= 11 is 0. The van der Waals surface area contributed by atoms with E-state index in [1.165, 1.54) is 0 Å². The Balaban J connectivity index is -0.000000218. The van der Waals surface area contributed by atoms with E-state index in [4.69, 9.17) is 10.2 Å². The second-order valence-electron chi connectivity index (χ2n) is 3.80. The minimum Gasteiger partial charge on any atom is -0.746 e. The summed E-state index contributed by atoms with van der Waals surface area (Å²) in [6.45, 7) is 3.70. The second kappa shape index (κ2) is 6.51. The van der Waals surface area contributed by atoms with Crippen LogP contribution in [0.3, 0.4) is 0 Å². The molecule has 0 heterocycles. The van der Waals surface area contributed by atoms with Crippen LogP contribution in [0.25, 0.3) is 0 Å². The molecular weight excluding hydrogens is 330 g/mol. The Kier molecular flexibility index (Phi) is 8.63. The Labute approximate surface area is 113 Å². The molecular formula is C6H14O8S2Zn. The van der Waals surface area contributed by atoms with Crippen LogP contribution in [0.5, 0.6) is 0 Å². The van der Waals surface area contributed by atoms with Crippen LogP contribution in [0.1, 0.15) is 27.7 Å². The van der Waals surface area contributed by atoms with Crippen LogP contribution in [-0.4, -0.2) is 46.0 Å². The van der Waals surface area contributed by atoms with Gasteiger partial charge in [0.05, 0.1) is 0 Å². The molecule has 17 heavy (non-hydrogen) atoms. The molecule has 0 unspecified atom stereocenters. The third-order valence-corrected chi connectivity index (χ3v) is 3.67. The van der Waals surface area contributed by atoms with Gasteiger partial charge in [-0.1, -0.05) is 0 Å². The van der Waals surface area contributed by atoms with Crippen LogP contribution in [0.15, 0.2) is 0 Å². The van der Waals surface area contributed by atoms with Gasteiger partial charge in [0.2, 0.25) is 0 Å². The molecule has 0 spiro atoms. The van der Waals surface area contributed by atoms with Gasteiger partial charge in [0.25, 0.3) is 0 Å². The molecule has 0 saturated carbocycles. The van der Waals surface area contributed by atoms with Crippen molar-refractivity contribution in [2.75, 3.05) is 0 Å². The minimum absolute atomic E-state index is 0. The van der Waals surface area contributed by atoms with Gasteiger partial charge in [-0.05, 0) is 27.7 Å². The van der Waals surface area contributed by atoms with E-state index in [0.717, 1.165) is 27.7 Å². The van der Waals surface area contributed by atoms with Crippen LogP contribution in [0.4, 0.5) is 0 Å². The zero-order valence-electron chi connectivity index (χ0n) is 9.87. The van der Waals surface area contributed by atoms with E-state index >= 15 is 0 Å². The first-order valence-electron chi connectivity index (χ1n) is 3.86. The summed E-state index contributed by atoms with van der Waals surface area (Å²) in [4.78, 5) is -4.29. The number of hydrogen-bond acceptors (Lipinski definition) is 8. The molecule has 0 aromatic heterocycles. The molecule has 8 nitrogen and oxygen atoms in total. The van der Waals surface area contributed by atoms with E-state index < -0.39 is 30.1 Å². The average molecular weight is 344 g/mol. The molecule has 0 radical (unpaired) electrons. The Morgan fingerprint density at radius 2 is 0.824 bits per heavy atom. The van der Waals surface area contributed by atoms with E-state index in [2.05, 4.69) is 0 Å². The quantitative estimate of drug-likeness (QED) is 0.454. The van der Waals surface area contributed by atoms with Gasteiger partial charge in [-0.3, -0.25) is 0 Å². The first-order valence-corrected chi connectivity index (χ1v) is 6.67. The first-order chi connectivity index (χ1) is 6.50. The fourth-order valence-electron chi connectivity index (χ4n) is 0. The molecule has 0 aliphatic rings. The summed E-state index contributed by atoms with van der Waals surface area (Å²) in [5.74, 6) is 0. The van der Waals surface area contributed by atoms with Gasteiger partial charge in [0.15, 0.2) is 0 Å². The van der Waals surface area contributed by atoms with Crippen molar-refractivity contribution in [3.05, 3.63) is 0 Å².